The number of carbonyl (C=O) groups excluding carboxylic acids is 1. The van der Waals surface area contributed by atoms with Gasteiger partial charge in [0.2, 0.25) is 0 Å². The van der Waals surface area contributed by atoms with E-state index in [0.717, 1.165) is 12.8 Å². The van der Waals surface area contributed by atoms with E-state index in [1.165, 1.54) is 19.3 Å². The molecule has 1 aliphatic rings. The van der Waals surface area contributed by atoms with E-state index in [1.807, 2.05) is 13.0 Å². The molecule has 1 N–H and O–H groups in total. The van der Waals surface area contributed by atoms with Crippen LogP contribution in [0.15, 0.2) is 12.1 Å². The van der Waals surface area contributed by atoms with Gasteiger partial charge in [-0.05, 0) is 37.8 Å². The average molecular weight is 246 g/mol. The SMILES string of the molecule is CC(OC(=O)c1ccc(C#N)[nH]1)C1CCCCC1. The van der Waals surface area contributed by atoms with E-state index in [2.05, 4.69) is 4.98 Å². The lowest BCUT2D eigenvalue weighted by Crippen LogP contribution is -2.26. The number of ether oxygens (including phenoxy) is 1. The first kappa shape index (κ1) is 12.7. The Morgan fingerprint density at radius 2 is 2.17 bits per heavy atom. The van der Waals surface area contributed by atoms with Crippen LogP contribution in [0.5, 0.6) is 0 Å². The van der Waals surface area contributed by atoms with Crippen LogP contribution in [-0.4, -0.2) is 17.1 Å². The normalized spacial score (nSPS) is 18.0. The highest BCUT2D eigenvalue weighted by molar-refractivity contribution is 5.87. The number of H-pyrrole nitrogens is 1. The first-order valence-corrected chi connectivity index (χ1v) is 6.51. The second-order valence-electron chi connectivity index (χ2n) is 4.91. The van der Waals surface area contributed by atoms with Crippen molar-refractivity contribution < 1.29 is 9.53 Å². The summed E-state index contributed by atoms with van der Waals surface area (Å²) in [5, 5.41) is 8.69. The topological polar surface area (TPSA) is 65.9 Å². The number of aromatic nitrogens is 1. The van der Waals surface area contributed by atoms with Gasteiger partial charge in [0.25, 0.3) is 0 Å². The number of rotatable bonds is 3. The summed E-state index contributed by atoms with van der Waals surface area (Å²) >= 11 is 0. The monoisotopic (exact) mass is 246 g/mol. The first-order valence-electron chi connectivity index (χ1n) is 6.51. The Balaban J connectivity index is 1.92. The Morgan fingerprint density at radius 1 is 1.44 bits per heavy atom. The maximum atomic E-state index is 11.9. The molecule has 1 aromatic heterocycles. The van der Waals surface area contributed by atoms with Gasteiger partial charge < -0.3 is 9.72 Å². The fourth-order valence-electron chi connectivity index (χ4n) is 2.51. The summed E-state index contributed by atoms with van der Waals surface area (Å²) in [6.45, 7) is 1.96. The van der Waals surface area contributed by atoms with E-state index in [1.54, 1.807) is 12.1 Å². The molecule has 0 aromatic carbocycles. The molecular formula is C14H18N2O2. The average Bonchev–Trinajstić information content (AvgIpc) is 2.88. The third kappa shape index (κ3) is 2.92. The van der Waals surface area contributed by atoms with Crippen LogP contribution in [0.4, 0.5) is 0 Å². The minimum absolute atomic E-state index is 0.0494. The molecule has 1 saturated carbocycles. The van der Waals surface area contributed by atoms with Crippen LogP contribution < -0.4 is 0 Å². The third-order valence-corrected chi connectivity index (χ3v) is 3.63. The number of hydrogen-bond acceptors (Lipinski definition) is 3. The Bertz CT molecular complexity index is 453. The van der Waals surface area contributed by atoms with E-state index in [4.69, 9.17) is 10.00 Å². The quantitative estimate of drug-likeness (QED) is 0.834. The van der Waals surface area contributed by atoms with Crippen LogP contribution in [0.3, 0.4) is 0 Å². The van der Waals surface area contributed by atoms with Crippen molar-refractivity contribution in [3.8, 4) is 6.07 Å². The summed E-state index contributed by atoms with van der Waals surface area (Å²) in [6, 6.07) is 5.13. The number of aromatic amines is 1. The summed E-state index contributed by atoms with van der Waals surface area (Å²) in [4.78, 5) is 14.6. The van der Waals surface area contributed by atoms with Crippen molar-refractivity contribution in [3.63, 3.8) is 0 Å². The lowest BCUT2D eigenvalue weighted by molar-refractivity contribution is 0.0135. The first-order chi connectivity index (χ1) is 8.70. The molecule has 1 fully saturated rings. The third-order valence-electron chi connectivity index (χ3n) is 3.63. The zero-order chi connectivity index (χ0) is 13.0. The molecule has 4 nitrogen and oxygen atoms in total. The Hall–Kier alpha value is -1.76. The molecule has 1 heterocycles. The standard InChI is InChI=1S/C14H18N2O2/c1-10(11-5-3-2-4-6-11)18-14(17)13-8-7-12(9-15)16-13/h7-8,10-11,16H,2-6H2,1H3. The van der Waals surface area contributed by atoms with Crippen LogP contribution in [0, 0.1) is 17.2 Å². The molecule has 4 heteroatoms. The number of nitriles is 1. The predicted molar refractivity (Wildman–Crippen MR) is 67.0 cm³/mol. The van der Waals surface area contributed by atoms with E-state index < -0.39 is 0 Å². The number of esters is 1. The van der Waals surface area contributed by atoms with Crippen LogP contribution in [0.2, 0.25) is 0 Å². The molecule has 96 valence electrons. The number of nitrogens with zero attached hydrogens (tertiary/aromatic N) is 1. The maximum absolute atomic E-state index is 11.9. The Labute approximate surface area is 107 Å². The highest BCUT2D eigenvalue weighted by atomic mass is 16.5. The van der Waals surface area contributed by atoms with Gasteiger partial charge in [0, 0.05) is 0 Å². The predicted octanol–water partition coefficient (Wildman–Crippen LogP) is 3.01. The highest BCUT2D eigenvalue weighted by Gasteiger charge is 2.24. The van der Waals surface area contributed by atoms with Gasteiger partial charge in [-0.2, -0.15) is 5.26 Å². The van der Waals surface area contributed by atoms with Gasteiger partial charge in [-0.15, -0.1) is 0 Å². The van der Waals surface area contributed by atoms with Gasteiger partial charge in [-0.25, -0.2) is 4.79 Å². The van der Waals surface area contributed by atoms with Crippen LogP contribution in [0.1, 0.15) is 55.2 Å². The Morgan fingerprint density at radius 3 is 2.78 bits per heavy atom. The summed E-state index contributed by atoms with van der Waals surface area (Å²) in [7, 11) is 0. The van der Waals surface area contributed by atoms with Gasteiger partial charge in [0.1, 0.15) is 23.6 Å². The van der Waals surface area contributed by atoms with E-state index in [-0.39, 0.29) is 12.1 Å². The molecule has 0 amide bonds. The van der Waals surface area contributed by atoms with Crippen molar-refractivity contribution in [2.24, 2.45) is 5.92 Å². The van der Waals surface area contributed by atoms with Crippen LogP contribution >= 0.6 is 0 Å². The van der Waals surface area contributed by atoms with Gasteiger partial charge in [0.15, 0.2) is 0 Å². The number of carbonyl (C=O) groups is 1. The molecular weight excluding hydrogens is 228 g/mol. The van der Waals surface area contributed by atoms with Crippen LogP contribution in [-0.2, 0) is 4.74 Å². The lowest BCUT2D eigenvalue weighted by atomic mass is 9.86. The minimum Gasteiger partial charge on any atom is -0.458 e. The zero-order valence-electron chi connectivity index (χ0n) is 10.6. The molecule has 1 aliphatic carbocycles. The molecule has 0 spiro atoms. The molecule has 1 unspecified atom stereocenters. The molecule has 0 saturated heterocycles. The summed E-state index contributed by atoms with van der Waals surface area (Å²) in [6.07, 6.45) is 5.98. The second-order valence-corrected chi connectivity index (χ2v) is 4.91. The lowest BCUT2D eigenvalue weighted by Gasteiger charge is -2.27. The van der Waals surface area contributed by atoms with Gasteiger partial charge in [-0.3, -0.25) is 0 Å². The second kappa shape index (κ2) is 5.72. The van der Waals surface area contributed by atoms with Crippen molar-refractivity contribution in [3.05, 3.63) is 23.5 Å². The molecule has 1 atom stereocenters. The largest absolute Gasteiger partial charge is 0.458 e. The Kier molecular flexibility index (Phi) is 4.03. The molecule has 0 bridgehead atoms. The van der Waals surface area contributed by atoms with Crippen LogP contribution in [0.25, 0.3) is 0 Å². The smallest absolute Gasteiger partial charge is 0.355 e. The molecule has 0 radical (unpaired) electrons. The van der Waals surface area contributed by atoms with Crippen molar-refractivity contribution in [1.82, 2.24) is 4.98 Å². The van der Waals surface area contributed by atoms with E-state index >= 15 is 0 Å². The van der Waals surface area contributed by atoms with Gasteiger partial charge >= 0.3 is 5.97 Å². The number of nitrogens with one attached hydrogen (secondary N) is 1. The molecule has 0 aliphatic heterocycles. The van der Waals surface area contributed by atoms with Crippen molar-refractivity contribution in [2.75, 3.05) is 0 Å². The van der Waals surface area contributed by atoms with Gasteiger partial charge in [0.05, 0.1) is 0 Å². The van der Waals surface area contributed by atoms with Crippen molar-refractivity contribution in [2.45, 2.75) is 45.1 Å². The zero-order valence-corrected chi connectivity index (χ0v) is 10.6. The summed E-state index contributed by atoms with van der Waals surface area (Å²) in [5.41, 5.74) is 0.737. The van der Waals surface area contributed by atoms with Crippen molar-refractivity contribution in [1.29, 1.82) is 5.26 Å². The number of hydrogen-bond donors (Lipinski definition) is 1. The van der Waals surface area contributed by atoms with Crippen molar-refractivity contribution >= 4 is 5.97 Å². The molecule has 18 heavy (non-hydrogen) atoms. The summed E-state index contributed by atoms with van der Waals surface area (Å²) in [5.74, 6) is 0.114. The van der Waals surface area contributed by atoms with Gasteiger partial charge in [-0.1, -0.05) is 19.3 Å². The van der Waals surface area contributed by atoms with E-state index in [0.29, 0.717) is 17.3 Å². The summed E-state index contributed by atoms with van der Waals surface area (Å²) < 4.78 is 5.45. The highest BCUT2D eigenvalue weighted by Crippen LogP contribution is 2.28. The van der Waals surface area contributed by atoms with E-state index in [9.17, 15) is 4.79 Å². The molecule has 1 aromatic rings. The minimum atomic E-state index is -0.366. The maximum Gasteiger partial charge on any atom is 0.355 e. The fourth-order valence-corrected chi connectivity index (χ4v) is 2.51. The fraction of sp³-hybridized carbons (Fsp3) is 0.571. The molecule has 2 rings (SSSR count).